The molecule has 8 heterocycles. The molecule has 4 aliphatic rings. The number of hydrogen-bond acceptors (Lipinski definition) is 16. The van der Waals surface area contributed by atoms with Gasteiger partial charge in [-0.25, -0.2) is 29.9 Å². The third-order valence-electron chi connectivity index (χ3n) is 28.9. The van der Waals surface area contributed by atoms with Gasteiger partial charge in [-0.2, -0.15) is 0 Å². The predicted octanol–water partition coefficient (Wildman–Crippen LogP) is 36.3. The number of hydrogen-bond donors (Lipinski definition) is 0. The number of anilines is 18. The number of furan rings is 1. The second kappa shape index (κ2) is 33.0. The van der Waals surface area contributed by atoms with Gasteiger partial charge in [0.15, 0.2) is 57.9 Å². The highest BCUT2D eigenvalue weighted by Crippen LogP contribution is 2.63. The van der Waals surface area contributed by atoms with Crippen LogP contribution < -0.4 is 38.9 Å². The first-order chi connectivity index (χ1) is 72.3. The first kappa shape index (κ1) is 82.2. The molecule has 30 rings (SSSR count). The summed E-state index contributed by atoms with van der Waals surface area (Å²) in [6, 6.07) is 168. The Morgan fingerprint density at radius 1 is 0.171 bits per heavy atom. The second-order valence-corrected chi connectivity index (χ2v) is 38.2. The van der Waals surface area contributed by atoms with Crippen LogP contribution in [-0.2, 0) is 0 Å². The molecule has 4 aromatic heterocycles. The topological polar surface area (TPSA) is 128 Å². The number of nitrogens with zero attached hydrogens (tertiary/aromatic N) is 12. The fraction of sp³-hybridized carbons (Fsp3) is 0. The van der Waals surface area contributed by atoms with Crippen molar-refractivity contribution in [3.8, 4) is 102 Å². The first-order valence-corrected chi connectivity index (χ1v) is 49.7. The van der Waals surface area contributed by atoms with Gasteiger partial charge in [0.05, 0.1) is 91.0 Å². The summed E-state index contributed by atoms with van der Waals surface area (Å²) in [5, 5.41) is 13.0. The minimum Gasteiger partial charge on any atom is -0.456 e. The monoisotopic (exact) mass is 1890 g/mol. The fourth-order valence-corrected chi connectivity index (χ4v) is 23.4. The molecule has 682 valence electrons. The highest BCUT2D eigenvalue weighted by molar-refractivity contribution is 7.26. The molecule has 0 amide bonds. The smallest absolute Gasteiger partial charge is 0.165 e. The molecule has 4 aliphatic heterocycles. The van der Waals surface area contributed by atoms with Gasteiger partial charge in [-0.15, -0.1) is 11.3 Å². The zero-order valence-corrected chi connectivity index (χ0v) is 78.8. The van der Waals surface area contributed by atoms with E-state index >= 15 is 0 Å². The Morgan fingerprint density at radius 3 is 1.03 bits per heavy atom. The van der Waals surface area contributed by atoms with Gasteiger partial charge in [0.1, 0.15) is 11.2 Å². The van der Waals surface area contributed by atoms with Crippen molar-refractivity contribution in [3.63, 3.8) is 0 Å². The van der Waals surface area contributed by atoms with Gasteiger partial charge in [-0.1, -0.05) is 285 Å². The zero-order chi connectivity index (χ0) is 95.7. The van der Waals surface area contributed by atoms with Gasteiger partial charge in [0.2, 0.25) is 0 Å². The fourth-order valence-electron chi connectivity index (χ4n) is 22.2. The zero-order valence-electron chi connectivity index (χ0n) is 78.0. The van der Waals surface area contributed by atoms with E-state index in [2.05, 4.69) is 393 Å². The van der Waals surface area contributed by atoms with Crippen LogP contribution in [0.3, 0.4) is 0 Å². The Morgan fingerprint density at radius 2 is 0.514 bits per heavy atom. The summed E-state index contributed by atoms with van der Waals surface area (Å²) in [6.07, 6.45) is 0. The summed E-state index contributed by atoms with van der Waals surface area (Å²) in [5.41, 5.74) is 27.0. The molecule has 0 unspecified atom stereocenters. The first-order valence-electron chi connectivity index (χ1n) is 48.9. The van der Waals surface area contributed by atoms with E-state index < -0.39 is 0 Å². The van der Waals surface area contributed by atoms with E-state index in [0.29, 0.717) is 34.9 Å². The molecule has 0 spiro atoms. The van der Waals surface area contributed by atoms with Crippen LogP contribution >= 0.6 is 11.3 Å². The van der Waals surface area contributed by atoms with Crippen molar-refractivity contribution in [1.29, 1.82) is 0 Å². The third-order valence-corrected chi connectivity index (χ3v) is 30.1. The van der Waals surface area contributed by atoms with Crippen LogP contribution in [0.2, 0.25) is 0 Å². The molecule has 0 fully saturated rings. The Hall–Kier alpha value is -19.7. The van der Waals surface area contributed by atoms with Crippen LogP contribution in [0.5, 0.6) is 23.0 Å². The van der Waals surface area contributed by atoms with E-state index in [1.807, 2.05) is 109 Å². The lowest BCUT2D eigenvalue weighted by molar-refractivity contribution is 0.477. The van der Waals surface area contributed by atoms with Gasteiger partial charge < -0.3 is 43.3 Å². The van der Waals surface area contributed by atoms with Crippen molar-refractivity contribution >= 4 is 199 Å². The molecule has 0 saturated heterocycles. The summed E-state index contributed by atoms with van der Waals surface area (Å²) in [4.78, 5) is 46.6. The molecule has 0 atom stereocenters. The molecule has 26 aromatic rings. The Labute approximate surface area is 841 Å². The predicted molar refractivity (Wildman–Crippen MR) is 597 cm³/mol. The summed E-state index contributed by atoms with van der Waals surface area (Å²) in [5.74, 6) is 6.51. The molecular formula is C130H78N12O3S. The van der Waals surface area contributed by atoms with Crippen LogP contribution in [0.25, 0.3) is 165 Å². The van der Waals surface area contributed by atoms with Crippen molar-refractivity contribution in [2.24, 2.45) is 0 Å². The normalized spacial score (nSPS) is 12.8. The van der Waals surface area contributed by atoms with Crippen molar-refractivity contribution in [2.75, 3.05) is 29.4 Å². The summed E-state index contributed by atoms with van der Waals surface area (Å²) >= 11 is 1.76. The molecular weight excluding hydrogens is 1810 g/mol. The number of para-hydroxylation sites is 11. The Balaban J connectivity index is 0.514. The highest BCUT2D eigenvalue weighted by Gasteiger charge is 2.39. The number of ether oxygens (including phenoxy) is 2. The lowest BCUT2D eigenvalue weighted by Crippen LogP contribution is -2.25. The van der Waals surface area contributed by atoms with Crippen molar-refractivity contribution in [2.45, 2.75) is 0 Å². The molecule has 15 nitrogen and oxygen atoms in total. The molecule has 22 aromatic carbocycles. The second-order valence-electron chi connectivity index (χ2n) is 37.2. The minimum atomic E-state index is 0.565. The van der Waals surface area contributed by atoms with Gasteiger partial charge in [-0.05, 0) is 221 Å². The highest BCUT2D eigenvalue weighted by atomic mass is 32.1. The van der Waals surface area contributed by atoms with Crippen LogP contribution in [0.4, 0.5) is 102 Å². The minimum absolute atomic E-state index is 0.565. The molecule has 16 heteroatoms. The quantitative estimate of drug-likeness (QED) is 0.109. The van der Waals surface area contributed by atoms with Crippen LogP contribution in [0.15, 0.2) is 478 Å². The molecule has 0 aliphatic carbocycles. The molecule has 0 bridgehead atoms. The molecule has 0 radical (unpaired) electrons. The van der Waals surface area contributed by atoms with Gasteiger partial charge in [0, 0.05) is 97.2 Å². The number of fused-ring (bicyclic) bond motifs is 18. The van der Waals surface area contributed by atoms with E-state index in [4.69, 9.17) is 43.8 Å². The van der Waals surface area contributed by atoms with E-state index in [1.165, 1.54) is 0 Å². The van der Waals surface area contributed by atoms with Gasteiger partial charge in [-0.3, -0.25) is 0 Å². The summed E-state index contributed by atoms with van der Waals surface area (Å²) in [6.45, 7) is 0. The lowest BCUT2D eigenvalue weighted by Gasteiger charge is -2.42. The maximum atomic E-state index is 7.02. The maximum absolute atomic E-state index is 7.02. The Kier molecular flexibility index (Phi) is 18.6. The molecule has 0 N–H and O–H groups in total. The van der Waals surface area contributed by atoms with Crippen LogP contribution in [-0.4, -0.2) is 29.9 Å². The van der Waals surface area contributed by atoms with Crippen molar-refractivity contribution in [1.82, 2.24) is 29.9 Å². The van der Waals surface area contributed by atoms with Crippen LogP contribution in [0, 0.1) is 0 Å². The summed E-state index contributed by atoms with van der Waals surface area (Å²) in [7, 11) is 0. The standard InChI is InChI=1S/C130H78N12O3S/c1-3-30-81(31-4-1)125-131-127(134-129(132-125)89-61-69-118-99(75-89)96-40-11-19-54-117(96)143-118)87-58-65-94-85(72-87)36-25-52-103(94)140-106-44-13-15-46-108(106)142(102-51-24-35-80-29-8-10-39-93(80)102)115-78-91(64-68-110(115)140)138-113-49-18-22-57-121(113)145-122-70-60-84(76-116(122)138)83-62-71-123-100(74-83)97-41-27-42-98(124(97)146-123)130-135-126(82-32-5-2-6-33-82)133-128(136-130)88-59-66-95-86(73-88)37-26-53-104(95)139-105-43-12-14-45-107(105)141(101-50-23-34-79-28-7-9-38-92(79)101)114-77-90(63-67-109(114)139)137-111-47-16-20-55-119(111)144-120-56-21-17-48-112(120)137/h1-78H. The average molecular weight is 1890 g/mol. The largest absolute Gasteiger partial charge is 0.456 e. The maximum Gasteiger partial charge on any atom is 0.165 e. The number of rotatable bonds is 13. The third kappa shape index (κ3) is 13.3. The number of thiophene rings is 1. The number of aromatic nitrogens is 6. The van der Waals surface area contributed by atoms with E-state index in [-0.39, 0.29) is 0 Å². The van der Waals surface area contributed by atoms with Gasteiger partial charge in [0.25, 0.3) is 0 Å². The van der Waals surface area contributed by atoms with Crippen molar-refractivity contribution in [3.05, 3.63) is 473 Å². The lowest BCUT2D eigenvalue weighted by atomic mass is 9.98. The van der Waals surface area contributed by atoms with Gasteiger partial charge >= 0.3 is 0 Å². The van der Waals surface area contributed by atoms with Crippen molar-refractivity contribution < 1.29 is 13.9 Å². The molecule has 0 saturated carbocycles. The van der Waals surface area contributed by atoms with E-state index in [9.17, 15) is 0 Å². The number of benzene rings is 22. The Bertz CT molecular complexity index is 9910. The summed E-state index contributed by atoms with van der Waals surface area (Å²) < 4.78 is 22.1. The van der Waals surface area contributed by atoms with E-state index in [0.717, 1.165) is 255 Å². The SMILES string of the molecule is c1ccc(-c2nc(-c3ccc4c(N5c6ccccc6N(c6cccc7ccccc67)c6cc(N7c8ccccc8Oc8ccc(-c9ccc%10sc%11c(-c%12nc(-c%13ccccc%13)nc(-c%13ccc%14c(N%15c%16ccccc%16N(c%16cccc%17ccccc%16%17)c%16cc(N%17c%18ccccc%18Oc%18ccccc%18%17)ccc%16%15)cccc%14c%13)n%12)cccc%11c%10c9)cc87)ccc65)cccc4c3)nc(-c3ccc4oc5ccccc5c4c3)n2)cc1. The van der Waals surface area contributed by atoms with E-state index in [1.54, 1.807) is 11.3 Å². The average Bonchev–Trinajstić information content (AvgIpc) is 0.787. The van der Waals surface area contributed by atoms with Crippen LogP contribution in [0.1, 0.15) is 0 Å². The molecule has 146 heavy (non-hydrogen) atoms.